The van der Waals surface area contributed by atoms with Crippen molar-refractivity contribution in [1.29, 1.82) is 0 Å². The second-order valence-corrected chi connectivity index (χ2v) is 6.45. The molecule has 2 aromatic carbocycles. The lowest BCUT2D eigenvalue weighted by Gasteiger charge is -2.15. The average Bonchev–Trinajstić information content (AvgIpc) is 2.78. The summed E-state index contributed by atoms with van der Waals surface area (Å²) >= 11 is 0. The van der Waals surface area contributed by atoms with E-state index < -0.39 is 4.92 Å². The van der Waals surface area contributed by atoms with Crippen molar-refractivity contribution in [2.24, 2.45) is 0 Å². The molecule has 0 atom stereocenters. The number of carbonyl (C=O) groups is 1. The number of ether oxygens (including phenoxy) is 3. The number of carbonyl (C=O) groups excluding carboxylic acids is 1. The van der Waals surface area contributed by atoms with E-state index in [2.05, 4.69) is 20.6 Å². The van der Waals surface area contributed by atoms with Crippen LogP contribution in [0.25, 0.3) is 0 Å². The first kappa shape index (κ1) is 22.3. The molecule has 0 spiro atoms. The highest BCUT2D eigenvalue weighted by molar-refractivity contribution is 6.00. The number of nitro groups is 1. The number of anilines is 4. The summed E-state index contributed by atoms with van der Waals surface area (Å²) in [5, 5.41) is 17.3. The maximum absolute atomic E-state index is 11.9. The quantitative estimate of drug-likeness (QED) is 0.285. The van der Waals surface area contributed by atoms with Crippen molar-refractivity contribution in [3.63, 3.8) is 0 Å². The maximum Gasteiger partial charge on any atom is 0.329 e. The first-order valence-corrected chi connectivity index (χ1v) is 9.33. The average molecular weight is 439 g/mol. The van der Waals surface area contributed by atoms with Crippen LogP contribution in [-0.4, -0.2) is 42.0 Å². The summed E-state index contributed by atoms with van der Waals surface area (Å²) in [6.07, 6.45) is 1.08. The monoisotopic (exact) mass is 439 g/mol. The zero-order chi connectivity index (χ0) is 23.3. The van der Waals surface area contributed by atoms with Gasteiger partial charge in [-0.25, -0.2) is 4.98 Å². The van der Waals surface area contributed by atoms with Crippen LogP contribution in [0.4, 0.5) is 28.8 Å². The SMILES string of the molecule is COc1cc(Nc2ncc([N+](=O)[O-])c(Nc3ccccc3C(C)=O)n2)cc(OC)c1OC. The number of benzene rings is 2. The third-order valence-corrected chi connectivity index (χ3v) is 4.45. The first-order valence-electron chi connectivity index (χ1n) is 9.33. The van der Waals surface area contributed by atoms with Gasteiger partial charge in [-0.15, -0.1) is 0 Å². The van der Waals surface area contributed by atoms with Gasteiger partial charge in [0.25, 0.3) is 0 Å². The van der Waals surface area contributed by atoms with Gasteiger partial charge in [-0.2, -0.15) is 4.98 Å². The molecule has 0 amide bonds. The lowest BCUT2D eigenvalue weighted by atomic mass is 10.1. The Labute approximate surface area is 183 Å². The van der Waals surface area contributed by atoms with E-state index in [-0.39, 0.29) is 23.2 Å². The summed E-state index contributed by atoms with van der Waals surface area (Å²) in [7, 11) is 4.46. The molecule has 0 fully saturated rings. The number of hydrogen-bond donors (Lipinski definition) is 2. The largest absolute Gasteiger partial charge is 0.493 e. The Balaban J connectivity index is 2.00. The van der Waals surface area contributed by atoms with Crippen LogP contribution in [0.5, 0.6) is 17.2 Å². The van der Waals surface area contributed by atoms with Gasteiger partial charge in [0.1, 0.15) is 6.20 Å². The van der Waals surface area contributed by atoms with Crippen molar-refractivity contribution in [3.05, 3.63) is 58.3 Å². The van der Waals surface area contributed by atoms with E-state index in [1.807, 2.05) is 0 Å². The molecule has 2 N–H and O–H groups in total. The lowest BCUT2D eigenvalue weighted by molar-refractivity contribution is -0.384. The molecular weight excluding hydrogens is 418 g/mol. The van der Waals surface area contributed by atoms with E-state index in [4.69, 9.17) is 14.2 Å². The molecule has 11 heteroatoms. The fourth-order valence-corrected chi connectivity index (χ4v) is 2.97. The van der Waals surface area contributed by atoms with Gasteiger partial charge in [-0.3, -0.25) is 14.9 Å². The number of para-hydroxylation sites is 1. The maximum atomic E-state index is 11.9. The Morgan fingerprint density at radius 2 is 1.69 bits per heavy atom. The summed E-state index contributed by atoms with van der Waals surface area (Å²) in [4.78, 5) is 31.0. The number of rotatable bonds is 9. The molecule has 166 valence electrons. The van der Waals surface area contributed by atoms with Crippen LogP contribution >= 0.6 is 0 Å². The summed E-state index contributed by atoms with van der Waals surface area (Å²) in [6.45, 7) is 1.41. The highest BCUT2D eigenvalue weighted by Crippen LogP contribution is 2.40. The molecule has 1 aromatic heterocycles. The predicted octanol–water partition coefficient (Wildman–Crippen LogP) is 4.10. The van der Waals surface area contributed by atoms with E-state index >= 15 is 0 Å². The molecule has 1 heterocycles. The number of aromatic nitrogens is 2. The molecule has 0 bridgehead atoms. The van der Waals surface area contributed by atoms with Crippen molar-refractivity contribution < 1.29 is 23.9 Å². The van der Waals surface area contributed by atoms with Gasteiger partial charge in [0.05, 0.1) is 31.9 Å². The molecular formula is C21H21N5O6. The van der Waals surface area contributed by atoms with E-state index in [1.165, 1.54) is 28.3 Å². The van der Waals surface area contributed by atoms with Crippen LogP contribution in [0.3, 0.4) is 0 Å². The van der Waals surface area contributed by atoms with Crippen molar-refractivity contribution in [1.82, 2.24) is 9.97 Å². The Bertz CT molecular complexity index is 1140. The number of hydrogen-bond acceptors (Lipinski definition) is 10. The molecule has 0 radical (unpaired) electrons. The minimum absolute atomic E-state index is 0.0753. The molecule has 0 aliphatic carbocycles. The summed E-state index contributed by atoms with van der Waals surface area (Å²) in [6, 6.07) is 9.95. The molecule has 0 unspecified atom stereocenters. The van der Waals surface area contributed by atoms with Crippen LogP contribution in [0, 0.1) is 10.1 Å². The molecule has 0 saturated heterocycles. The fraction of sp³-hybridized carbons (Fsp3) is 0.190. The van der Waals surface area contributed by atoms with E-state index in [9.17, 15) is 14.9 Å². The molecule has 3 aromatic rings. The zero-order valence-electron chi connectivity index (χ0n) is 17.8. The third kappa shape index (κ3) is 4.67. The fourth-order valence-electron chi connectivity index (χ4n) is 2.97. The number of nitrogens with zero attached hydrogens (tertiary/aromatic N) is 3. The van der Waals surface area contributed by atoms with Gasteiger partial charge in [-0.1, -0.05) is 12.1 Å². The third-order valence-electron chi connectivity index (χ3n) is 4.45. The first-order chi connectivity index (χ1) is 15.4. The van der Waals surface area contributed by atoms with E-state index in [1.54, 1.807) is 36.4 Å². The van der Waals surface area contributed by atoms with Crippen molar-refractivity contribution >= 4 is 34.6 Å². The predicted molar refractivity (Wildman–Crippen MR) is 118 cm³/mol. The molecule has 32 heavy (non-hydrogen) atoms. The highest BCUT2D eigenvalue weighted by Gasteiger charge is 2.20. The molecule has 0 aliphatic rings. The van der Waals surface area contributed by atoms with Gasteiger partial charge in [0, 0.05) is 23.4 Å². The van der Waals surface area contributed by atoms with Gasteiger partial charge in [0.2, 0.25) is 17.5 Å². The van der Waals surface area contributed by atoms with Gasteiger partial charge < -0.3 is 24.8 Å². The highest BCUT2D eigenvalue weighted by atomic mass is 16.6. The molecule has 3 rings (SSSR count). The Morgan fingerprint density at radius 1 is 1.03 bits per heavy atom. The number of methoxy groups -OCH3 is 3. The molecule has 0 aliphatic heterocycles. The van der Waals surface area contributed by atoms with Gasteiger partial charge in [0.15, 0.2) is 17.3 Å². The number of nitrogens with one attached hydrogen (secondary N) is 2. The summed E-state index contributed by atoms with van der Waals surface area (Å²) in [5.41, 5.74) is 0.919. The second-order valence-electron chi connectivity index (χ2n) is 6.45. The summed E-state index contributed by atoms with van der Waals surface area (Å²) in [5.74, 6) is 1.03. The summed E-state index contributed by atoms with van der Waals surface area (Å²) < 4.78 is 16.0. The minimum atomic E-state index is -0.609. The Kier molecular flexibility index (Phi) is 6.68. The zero-order valence-corrected chi connectivity index (χ0v) is 17.8. The van der Waals surface area contributed by atoms with Crippen molar-refractivity contribution in [2.45, 2.75) is 6.92 Å². The van der Waals surface area contributed by atoms with Crippen LogP contribution in [-0.2, 0) is 0 Å². The van der Waals surface area contributed by atoms with E-state index in [0.29, 0.717) is 34.2 Å². The van der Waals surface area contributed by atoms with Gasteiger partial charge in [-0.05, 0) is 19.1 Å². The lowest BCUT2D eigenvalue weighted by Crippen LogP contribution is -2.07. The number of Topliss-reactive ketones (excluding diaryl/α,β-unsaturated/α-hetero) is 1. The van der Waals surface area contributed by atoms with Crippen LogP contribution < -0.4 is 24.8 Å². The Morgan fingerprint density at radius 3 is 2.25 bits per heavy atom. The second kappa shape index (κ2) is 9.60. The topological polar surface area (TPSA) is 138 Å². The normalized spacial score (nSPS) is 10.2. The van der Waals surface area contributed by atoms with Crippen LogP contribution in [0.15, 0.2) is 42.6 Å². The van der Waals surface area contributed by atoms with Crippen molar-refractivity contribution in [3.8, 4) is 17.2 Å². The smallest absolute Gasteiger partial charge is 0.329 e. The standard InChI is InChI=1S/C21H21N5O6/c1-12(27)14-7-5-6-8-15(14)24-20-16(26(28)29)11-22-21(25-20)23-13-9-17(30-2)19(32-4)18(10-13)31-3/h5-11H,1-4H3,(H2,22,23,24,25). The van der Waals surface area contributed by atoms with Crippen molar-refractivity contribution in [2.75, 3.05) is 32.0 Å². The molecule has 11 nitrogen and oxygen atoms in total. The minimum Gasteiger partial charge on any atom is -0.493 e. The number of ketones is 1. The van der Waals surface area contributed by atoms with Crippen LogP contribution in [0.2, 0.25) is 0 Å². The Hall–Kier alpha value is -4.41. The molecule has 0 saturated carbocycles. The van der Waals surface area contributed by atoms with Gasteiger partial charge >= 0.3 is 5.69 Å². The van der Waals surface area contributed by atoms with E-state index in [0.717, 1.165) is 6.20 Å². The van der Waals surface area contributed by atoms with Crippen LogP contribution in [0.1, 0.15) is 17.3 Å².